The number of fused-ring (bicyclic) bond motifs is 1. The molecule has 0 aliphatic carbocycles. The van der Waals surface area contributed by atoms with Crippen LogP contribution in [0.3, 0.4) is 0 Å². The maximum atomic E-state index is 12.4. The van der Waals surface area contributed by atoms with Gasteiger partial charge in [-0.15, -0.1) is 17.8 Å². The van der Waals surface area contributed by atoms with Crippen molar-refractivity contribution in [3.63, 3.8) is 0 Å². The van der Waals surface area contributed by atoms with Gasteiger partial charge < -0.3 is 10.6 Å². The fourth-order valence-corrected chi connectivity index (χ4v) is 3.49. The van der Waals surface area contributed by atoms with Crippen LogP contribution in [0.15, 0.2) is 0 Å². The number of hydrogen-bond acceptors (Lipinski definition) is 5. The molecule has 0 saturated carbocycles. The Morgan fingerprint density at radius 1 is 1.20 bits per heavy atom. The van der Waals surface area contributed by atoms with E-state index < -0.39 is 0 Å². The first-order valence-electron chi connectivity index (χ1n) is 7.91. The van der Waals surface area contributed by atoms with Crippen molar-refractivity contribution in [2.75, 3.05) is 13.1 Å². The Morgan fingerprint density at radius 3 is 2.48 bits per heavy atom. The normalized spacial score (nSPS) is 11.2. The van der Waals surface area contributed by atoms with Crippen LogP contribution in [0.5, 0.6) is 0 Å². The number of hydrogen-bond donors (Lipinski definition) is 2. The summed E-state index contributed by atoms with van der Waals surface area (Å²) in [6.07, 6.45) is 5.08. The van der Waals surface area contributed by atoms with E-state index in [1.165, 1.54) is 11.3 Å². The Kier molecular flexibility index (Phi) is 5.43. The molecule has 2 aromatic heterocycles. The minimum absolute atomic E-state index is 0.119. The third-order valence-corrected chi connectivity index (χ3v) is 4.83. The summed E-state index contributed by atoms with van der Waals surface area (Å²) in [7, 11) is 0. The molecule has 0 saturated heterocycles. The summed E-state index contributed by atoms with van der Waals surface area (Å²) in [5.74, 6) is 2.44. The molecule has 2 amide bonds. The van der Waals surface area contributed by atoms with Crippen LogP contribution in [-0.2, 0) is 10.2 Å². The van der Waals surface area contributed by atoms with Crippen molar-refractivity contribution in [2.24, 2.45) is 0 Å². The van der Waals surface area contributed by atoms with Crippen molar-refractivity contribution in [3.05, 3.63) is 22.0 Å². The third kappa shape index (κ3) is 4.15. The van der Waals surface area contributed by atoms with Gasteiger partial charge in [-0.1, -0.05) is 26.7 Å². The topological polar surface area (TPSA) is 84.0 Å². The van der Waals surface area contributed by atoms with Gasteiger partial charge in [-0.2, -0.15) is 0 Å². The summed E-state index contributed by atoms with van der Waals surface area (Å²) < 4.78 is 0. The van der Waals surface area contributed by atoms with Gasteiger partial charge in [0.05, 0.1) is 23.7 Å². The molecule has 0 fully saturated rings. The predicted molar refractivity (Wildman–Crippen MR) is 99.8 cm³/mol. The van der Waals surface area contributed by atoms with Gasteiger partial charge in [0.1, 0.15) is 10.7 Å². The van der Waals surface area contributed by atoms with E-state index in [1.807, 2.05) is 13.8 Å². The molecule has 0 aliphatic heterocycles. The predicted octanol–water partition coefficient (Wildman–Crippen LogP) is 2.08. The minimum Gasteiger partial charge on any atom is -0.344 e. The first-order valence-corrected chi connectivity index (χ1v) is 8.73. The number of rotatable bonds is 4. The molecule has 0 radical (unpaired) electrons. The van der Waals surface area contributed by atoms with E-state index >= 15 is 0 Å². The lowest BCUT2D eigenvalue weighted by molar-refractivity contribution is -0.119. The molecule has 0 aromatic carbocycles. The van der Waals surface area contributed by atoms with Gasteiger partial charge in [-0.3, -0.25) is 9.59 Å². The molecule has 7 heteroatoms. The van der Waals surface area contributed by atoms with E-state index in [0.29, 0.717) is 4.88 Å². The Bertz CT molecular complexity index is 872. The fourth-order valence-electron chi connectivity index (χ4n) is 2.34. The van der Waals surface area contributed by atoms with E-state index in [4.69, 9.17) is 6.42 Å². The quantitative estimate of drug-likeness (QED) is 0.820. The summed E-state index contributed by atoms with van der Waals surface area (Å²) in [6.45, 7) is 9.98. The van der Waals surface area contributed by atoms with Gasteiger partial charge >= 0.3 is 0 Å². The second-order valence-corrected chi connectivity index (χ2v) is 7.78. The highest BCUT2D eigenvalue weighted by Crippen LogP contribution is 2.33. The molecule has 25 heavy (non-hydrogen) atoms. The average molecular weight is 358 g/mol. The second kappa shape index (κ2) is 7.19. The number of amides is 2. The van der Waals surface area contributed by atoms with E-state index in [-0.39, 0.29) is 30.3 Å². The SMILES string of the molecule is C#CCNC(=O)CNC(=O)c1sc2nc(C(C)(C)C)nc(C)c2c1C. The van der Waals surface area contributed by atoms with Crippen LogP contribution in [0.1, 0.15) is 47.5 Å². The van der Waals surface area contributed by atoms with E-state index in [9.17, 15) is 9.59 Å². The zero-order valence-electron chi connectivity index (χ0n) is 15.1. The number of nitrogens with zero attached hydrogens (tertiary/aromatic N) is 2. The van der Waals surface area contributed by atoms with Crippen molar-refractivity contribution in [3.8, 4) is 12.3 Å². The highest BCUT2D eigenvalue weighted by Gasteiger charge is 2.23. The van der Waals surface area contributed by atoms with Crippen molar-refractivity contribution >= 4 is 33.4 Å². The highest BCUT2D eigenvalue weighted by molar-refractivity contribution is 7.20. The second-order valence-electron chi connectivity index (χ2n) is 6.78. The molecule has 2 rings (SSSR count). The van der Waals surface area contributed by atoms with Crippen LogP contribution in [0.25, 0.3) is 10.2 Å². The molecule has 2 N–H and O–H groups in total. The zero-order chi connectivity index (χ0) is 18.8. The lowest BCUT2D eigenvalue weighted by atomic mass is 9.95. The van der Waals surface area contributed by atoms with Crippen LogP contribution in [-0.4, -0.2) is 34.9 Å². The molecule has 0 spiro atoms. The fraction of sp³-hybridized carbons (Fsp3) is 0.444. The highest BCUT2D eigenvalue weighted by atomic mass is 32.1. The molecular formula is C18H22N4O2S. The Hall–Kier alpha value is -2.46. The number of carbonyl (C=O) groups is 2. The molecule has 132 valence electrons. The van der Waals surface area contributed by atoms with Crippen molar-refractivity contribution in [1.29, 1.82) is 0 Å². The van der Waals surface area contributed by atoms with Crippen LogP contribution in [0.4, 0.5) is 0 Å². The lowest BCUT2D eigenvalue weighted by Crippen LogP contribution is -2.36. The molecule has 0 aliphatic rings. The zero-order valence-corrected chi connectivity index (χ0v) is 15.9. The van der Waals surface area contributed by atoms with Gasteiger partial charge in [0.25, 0.3) is 5.91 Å². The lowest BCUT2D eigenvalue weighted by Gasteiger charge is -2.16. The largest absolute Gasteiger partial charge is 0.344 e. The summed E-state index contributed by atoms with van der Waals surface area (Å²) >= 11 is 1.32. The third-order valence-electron chi connectivity index (χ3n) is 3.65. The molecule has 2 heterocycles. The maximum absolute atomic E-state index is 12.4. The van der Waals surface area contributed by atoms with Gasteiger partial charge in [-0.05, 0) is 19.4 Å². The Labute approximate surface area is 151 Å². The van der Waals surface area contributed by atoms with Gasteiger partial charge in [0.2, 0.25) is 5.91 Å². The Balaban J connectivity index is 2.29. The summed E-state index contributed by atoms with van der Waals surface area (Å²) in [6, 6.07) is 0. The Morgan fingerprint density at radius 2 is 1.88 bits per heavy atom. The van der Waals surface area contributed by atoms with E-state index in [0.717, 1.165) is 27.3 Å². The first-order chi connectivity index (χ1) is 11.6. The van der Waals surface area contributed by atoms with E-state index in [2.05, 4.69) is 47.3 Å². The van der Waals surface area contributed by atoms with Gasteiger partial charge in [0.15, 0.2) is 0 Å². The van der Waals surface area contributed by atoms with Crippen molar-refractivity contribution in [2.45, 2.75) is 40.0 Å². The van der Waals surface area contributed by atoms with Crippen LogP contribution in [0.2, 0.25) is 0 Å². The van der Waals surface area contributed by atoms with Crippen molar-refractivity contribution in [1.82, 2.24) is 20.6 Å². The monoisotopic (exact) mass is 358 g/mol. The number of aromatic nitrogens is 2. The number of aryl methyl sites for hydroxylation is 2. The van der Waals surface area contributed by atoms with Gasteiger partial charge in [-0.25, -0.2) is 9.97 Å². The average Bonchev–Trinajstić information content (AvgIpc) is 2.87. The molecular weight excluding hydrogens is 336 g/mol. The smallest absolute Gasteiger partial charge is 0.262 e. The molecule has 0 bridgehead atoms. The van der Waals surface area contributed by atoms with Gasteiger partial charge in [0, 0.05) is 10.8 Å². The maximum Gasteiger partial charge on any atom is 0.262 e. The van der Waals surface area contributed by atoms with Crippen LogP contribution >= 0.6 is 11.3 Å². The molecule has 0 atom stereocenters. The standard InChI is InChI=1S/C18H22N4O2S/c1-7-8-19-12(23)9-20-15(24)14-10(2)13-11(3)21-17(18(4,5)6)22-16(13)25-14/h1H,8-9H2,2-6H3,(H,19,23)(H,20,24). The molecule has 2 aromatic rings. The number of thiophene rings is 1. The number of nitrogens with one attached hydrogen (secondary N) is 2. The first kappa shape index (κ1) is 18.9. The minimum atomic E-state index is -0.323. The number of carbonyl (C=O) groups excluding carboxylic acids is 2. The van der Waals surface area contributed by atoms with Crippen LogP contribution < -0.4 is 10.6 Å². The summed E-state index contributed by atoms with van der Waals surface area (Å²) in [5.41, 5.74) is 1.52. The van der Waals surface area contributed by atoms with Crippen molar-refractivity contribution < 1.29 is 9.59 Å². The summed E-state index contributed by atoms with van der Waals surface area (Å²) in [5, 5.41) is 6.02. The van der Waals surface area contributed by atoms with E-state index in [1.54, 1.807) is 0 Å². The number of terminal acetylenes is 1. The van der Waals surface area contributed by atoms with Crippen LogP contribution in [0, 0.1) is 26.2 Å². The summed E-state index contributed by atoms with van der Waals surface area (Å²) in [4.78, 5) is 34.6. The molecule has 0 unspecified atom stereocenters. The molecule has 6 nitrogen and oxygen atoms in total.